The lowest BCUT2D eigenvalue weighted by molar-refractivity contribution is -0.384. The van der Waals surface area contributed by atoms with Crippen molar-refractivity contribution < 1.29 is 9.66 Å². The van der Waals surface area contributed by atoms with Gasteiger partial charge in [0.1, 0.15) is 5.75 Å². The average Bonchev–Trinajstić information content (AvgIpc) is 2.52. The van der Waals surface area contributed by atoms with E-state index in [1.54, 1.807) is 19.2 Å². The lowest BCUT2D eigenvalue weighted by Crippen LogP contribution is -1.92. The molecule has 0 aliphatic heterocycles. The van der Waals surface area contributed by atoms with Crippen LogP contribution in [0.2, 0.25) is 0 Å². The zero-order valence-corrected chi connectivity index (χ0v) is 12.9. The highest BCUT2D eigenvalue weighted by atomic mass is 16.6. The maximum Gasteiger partial charge on any atom is 0.269 e. The average molecular weight is 297 g/mol. The minimum Gasteiger partial charge on any atom is -0.496 e. The highest BCUT2D eigenvalue weighted by Crippen LogP contribution is 2.23. The molecule has 2 aromatic rings. The summed E-state index contributed by atoms with van der Waals surface area (Å²) in [5.74, 6) is 1.06. The van der Waals surface area contributed by atoms with Crippen LogP contribution in [0.4, 0.5) is 5.69 Å². The maximum absolute atomic E-state index is 10.7. The quantitative estimate of drug-likeness (QED) is 0.592. The van der Waals surface area contributed by atoms with E-state index in [4.69, 9.17) is 4.74 Å². The Morgan fingerprint density at radius 3 is 2.41 bits per heavy atom. The standard InChI is InChI=1S/C18H19NO3/c1-13(16-7-9-17(10-8-16)19(20)21)4-5-15-6-11-18(22-3)14(2)12-15/h4-13H,1-3H3/b5-4+. The first-order valence-electron chi connectivity index (χ1n) is 7.08. The van der Waals surface area contributed by atoms with Crippen LogP contribution in [0.5, 0.6) is 5.75 Å². The van der Waals surface area contributed by atoms with Crippen molar-refractivity contribution in [2.75, 3.05) is 7.11 Å². The Kier molecular flexibility index (Phi) is 4.94. The SMILES string of the molecule is COc1ccc(/C=C/C(C)c2ccc([N+](=O)[O-])cc2)cc1C. The van der Waals surface area contributed by atoms with E-state index in [9.17, 15) is 10.1 Å². The summed E-state index contributed by atoms with van der Waals surface area (Å²) in [6.07, 6.45) is 4.14. The van der Waals surface area contributed by atoms with Gasteiger partial charge in [-0.1, -0.05) is 37.3 Å². The first-order valence-corrected chi connectivity index (χ1v) is 7.08. The molecular weight excluding hydrogens is 278 g/mol. The fraction of sp³-hybridized carbons (Fsp3) is 0.222. The molecule has 1 unspecified atom stereocenters. The van der Waals surface area contributed by atoms with Crippen LogP contribution in [-0.4, -0.2) is 12.0 Å². The van der Waals surface area contributed by atoms with Crippen LogP contribution in [0.15, 0.2) is 48.5 Å². The van der Waals surface area contributed by atoms with Crippen molar-refractivity contribution in [1.82, 2.24) is 0 Å². The number of methoxy groups -OCH3 is 1. The Hall–Kier alpha value is -2.62. The van der Waals surface area contributed by atoms with Crippen LogP contribution in [0.1, 0.15) is 29.5 Å². The molecule has 0 N–H and O–H groups in total. The van der Waals surface area contributed by atoms with Crippen LogP contribution >= 0.6 is 0 Å². The van der Waals surface area contributed by atoms with Crippen molar-refractivity contribution in [2.24, 2.45) is 0 Å². The van der Waals surface area contributed by atoms with Gasteiger partial charge in [0.05, 0.1) is 12.0 Å². The second-order valence-corrected chi connectivity index (χ2v) is 5.23. The van der Waals surface area contributed by atoms with E-state index < -0.39 is 0 Å². The second-order valence-electron chi connectivity index (χ2n) is 5.23. The molecule has 0 bridgehead atoms. The number of nitrogens with zero attached hydrogens (tertiary/aromatic N) is 1. The van der Waals surface area contributed by atoms with Gasteiger partial charge in [0, 0.05) is 12.1 Å². The summed E-state index contributed by atoms with van der Waals surface area (Å²) in [4.78, 5) is 10.3. The third kappa shape index (κ3) is 3.73. The fourth-order valence-corrected chi connectivity index (χ4v) is 2.27. The van der Waals surface area contributed by atoms with Gasteiger partial charge < -0.3 is 4.74 Å². The van der Waals surface area contributed by atoms with Gasteiger partial charge in [0.15, 0.2) is 0 Å². The number of non-ortho nitro benzene ring substituents is 1. The summed E-state index contributed by atoms with van der Waals surface area (Å²) < 4.78 is 5.25. The number of allylic oxidation sites excluding steroid dienone is 1. The Morgan fingerprint density at radius 1 is 1.18 bits per heavy atom. The van der Waals surface area contributed by atoms with E-state index in [1.165, 1.54) is 12.1 Å². The third-order valence-electron chi connectivity index (χ3n) is 3.63. The third-order valence-corrected chi connectivity index (χ3v) is 3.63. The predicted molar refractivity (Wildman–Crippen MR) is 88.3 cm³/mol. The first-order chi connectivity index (χ1) is 10.5. The van der Waals surface area contributed by atoms with Crippen LogP contribution in [0, 0.1) is 17.0 Å². The molecule has 4 heteroatoms. The molecule has 0 radical (unpaired) electrons. The smallest absolute Gasteiger partial charge is 0.269 e. The van der Waals surface area contributed by atoms with Crippen LogP contribution < -0.4 is 4.74 Å². The van der Waals surface area contributed by atoms with E-state index >= 15 is 0 Å². The van der Waals surface area contributed by atoms with Gasteiger partial charge in [0.2, 0.25) is 0 Å². The summed E-state index contributed by atoms with van der Waals surface area (Å²) >= 11 is 0. The molecule has 114 valence electrons. The van der Waals surface area contributed by atoms with Gasteiger partial charge in [-0.3, -0.25) is 10.1 Å². The number of rotatable bonds is 5. The monoisotopic (exact) mass is 297 g/mol. The molecule has 0 aliphatic carbocycles. The number of hydrogen-bond acceptors (Lipinski definition) is 3. The molecule has 0 saturated carbocycles. The van der Waals surface area contributed by atoms with Gasteiger partial charge in [-0.05, 0) is 41.7 Å². The van der Waals surface area contributed by atoms with Crippen LogP contribution in [0.25, 0.3) is 6.08 Å². The summed E-state index contributed by atoms with van der Waals surface area (Å²) in [5.41, 5.74) is 3.36. The number of hydrogen-bond donors (Lipinski definition) is 0. The lowest BCUT2D eigenvalue weighted by atomic mass is 9.99. The summed E-state index contributed by atoms with van der Waals surface area (Å²) in [6, 6.07) is 12.7. The van der Waals surface area contributed by atoms with Crippen molar-refractivity contribution in [3.8, 4) is 5.75 Å². The zero-order valence-electron chi connectivity index (χ0n) is 12.9. The number of nitro groups is 1. The van der Waals surface area contributed by atoms with Crippen molar-refractivity contribution >= 4 is 11.8 Å². The largest absolute Gasteiger partial charge is 0.496 e. The van der Waals surface area contributed by atoms with E-state index in [2.05, 4.69) is 25.1 Å². The predicted octanol–water partition coefficient (Wildman–Crippen LogP) is 4.73. The Labute approximate surface area is 130 Å². The highest BCUT2D eigenvalue weighted by molar-refractivity contribution is 5.54. The molecule has 1 atom stereocenters. The van der Waals surface area contributed by atoms with Gasteiger partial charge in [-0.25, -0.2) is 0 Å². The Morgan fingerprint density at radius 2 is 1.86 bits per heavy atom. The van der Waals surface area contributed by atoms with Crippen molar-refractivity contribution in [2.45, 2.75) is 19.8 Å². The van der Waals surface area contributed by atoms with E-state index in [0.717, 1.165) is 22.4 Å². The number of benzene rings is 2. The zero-order chi connectivity index (χ0) is 16.1. The fourth-order valence-electron chi connectivity index (χ4n) is 2.27. The van der Waals surface area contributed by atoms with Crippen LogP contribution in [0.3, 0.4) is 0 Å². The molecule has 0 heterocycles. The molecule has 0 aliphatic rings. The molecule has 2 rings (SSSR count). The molecular formula is C18H19NO3. The van der Waals surface area contributed by atoms with Gasteiger partial charge >= 0.3 is 0 Å². The molecule has 22 heavy (non-hydrogen) atoms. The van der Waals surface area contributed by atoms with E-state index in [-0.39, 0.29) is 16.5 Å². The normalized spacial score (nSPS) is 12.3. The van der Waals surface area contributed by atoms with Gasteiger partial charge in [-0.15, -0.1) is 0 Å². The molecule has 0 spiro atoms. The minimum absolute atomic E-state index is 0.116. The Bertz CT molecular complexity index is 690. The maximum atomic E-state index is 10.7. The summed E-state index contributed by atoms with van der Waals surface area (Å²) in [6.45, 7) is 4.07. The highest BCUT2D eigenvalue weighted by Gasteiger charge is 2.07. The van der Waals surface area contributed by atoms with Crippen LogP contribution in [-0.2, 0) is 0 Å². The van der Waals surface area contributed by atoms with Gasteiger partial charge in [0.25, 0.3) is 5.69 Å². The molecule has 2 aromatic carbocycles. The number of ether oxygens (including phenoxy) is 1. The van der Waals surface area contributed by atoms with Gasteiger partial charge in [-0.2, -0.15) is 0 Å². The van der Waals surface area contributed by atoms with E-state index in [1.807, 2.05) is 19.1 Å². The molecule has 0 fully saturated rings. The Balaban J connectivity index is 2.12. The summed E-state index contributed by atoms with van der Waals surface area (Å²) in [5, 5.41) is 10.7. The van der Waals surface area contributed by atoms with Crippen molar-refractivity contribution in [3.63, 3.8) is 0 Å². The van der Waals surface area contributed by atoms with E-state index in [0.29, 0.717) is 0 Å². The van der Waals surface area contributed by atoms with Crippen molar-refractivity contribution in [3.05, 3.63) is 75.3 Å². The lowest BCUT2D eigenvalue weighted by Gasteiger charge is -2.07. The minimum atomic E-state index is -0.385. The first kappa shape index (κ1) is 15.8. The number of aryl methyl sites for hydroxylation is 1. The molecule has 0 amide bonds. The van der Waals surface area contributed by atoms with Crippen molar-refractivity contribution in [1.29, 1.82) is 0 Å². The molecule has 0 saturated heterocycles. The second kappa shape index (κ2) is 6.89. The molecule has 4 nitrogen and oxygen atoms in total. The molecule has 0 aromatic heterocycles. The summed E-state index contributed by atoms with van der Waals surface area (Å²) in [7, 11) is 1.66. The number of nitro benzene ring substituents is 1. The topological polar surface area (TPSA) is 52.4 Å².